The molecule has 4 nitrogen and oxygen atoms in total. The maximum absolute atomic E-state index is 13.4. The first-order valence-corrected chi connectivity index (χ1v) is 6.41. The van der Waals surface area contributed by atoms with E-state index in [0.29, 0.717) is 25.9 Å². The summed E-state index contributed by atoms with van der Waals surface area (Å²) in [5.74, 6) is -0.536. The molecule has 0 aromatic heterocycles. The van der Waals surface area contributed by atoms with Crippen LogP contribution in [0.4, 0.5) is 4.39 Å². The normalized spacial score (nSPS) is 16.5. The van der Waals surface area contributed by atoms with Crippen LogP contribution in [0.5, 0.6) is 5.75 Å². The Morgan fingerprint density at radius 1 is 1.47 bits per heavy atom. The molecule has 1 aliphatic rings. The number of carbonyl (C=O) groups excluding carboxylic acids is 1. The lowest BCUT2D eigenvalue weighted by molar-refractivity contribution is -0.135. The van der Waals surface area contributed by atoms with E-state index in [0.717, 1.165) is 5.56 Å². The van der Waals surface area contributed by atoms with Crippen LogP contribution < -0.4 is 4.74 Å². The summed E-state index contributed by atoms with van der Waals surface area (Å²) in [6.45, 7) is 2.72. The molecule has 0 saturated carbocycles. The predicted molar refractivity (Wildman–Crippen MR) is 68.5 cm³/mol. The van der Waals surface area contributed by atoms with Gasteiger partial charge in [0.1, 0.15) is 0 Å². The molecule has 0 atom stereocenters. The van der Waals surface area contributed by atoms with Gasteiger partial charge >= 0.3 is 0 Å². The van der Waals surface area contributed by atoms with Crippen molar-refractivity contribution in [3.05, 3.63) is 29.6 Å². The number of amides is 1. The summed E-state index contributed by atoms with van der Waals surface area (Å²) in [4.78, 5) is 13.5. The predicted octanol–water partition coefficient (Wildman–Crippen LogP) is 1.50. The van der Waals surface area contributed by atoms with E-state index in [1.807, 2.05) is 6.92 Å². The standard InChI is InChI=1S/C14H18FNO3/c1-10-2-3-12(15)13(8-10)19-9-14(18)16-6-4-11(17)5-7-16/h2-3,8,11,17H,4-7,9H2,1H3. The van der Waals surface area contributed by atoms with Gasteiger partial charge in [0.15, 0.2) is 18.2 Å². The molecule has 0 radical (unpaired) electrons. The maximum atomic E-state index is 13.4. The Morgan fingerprint density at radius 2 is 2.16 bits per heavy atom. The van der Waals surface area contributed by atoms with Gasteiger partial charge in [0, 0.05) is 13.1 Å². The third-order valence-electron chi connectivity index (χ3n) is 3.26. The topological polar surface area (TPSA) is 49.8 Å². The Hall–Kier alpha value is -1.62. The Balaban J connectivity index is 1.88. The van der Waals surface area contributed by atoms with Crippen molar-refractivity contribution < 1.29 is 19.0 Å². The number of hydrogen-bond acceptors (Lipinski definition) is 3. The molecule has 1 saturated heterocycles. The SMILES string of the molecule is Cc1ccc(F)c(OCC(=O)N2CCC(O)CC2)c1. The molecule has 1 aliphatic heterocycles. The van der Waals surface area contributed by atoms with Gasteiger partial charge in [0.2, 0.25) is 0 Å². The number of halogens is 1. The number of piperidine rings is 1. The highest BCUT2D eigenvalue weighted by Crippen LogP contribution is 2.18. The van der Waals surface area contributed by atoms with Gasteiger partial charge in [0.25, 0.3) is 5.91 Å². The van der Waals surface area contributed by atoms with Gasteiger partial charge in [-0.25, -0.2) is 4.39 Å². The minimum atomic E-state index is -0.465. The zero-order valence-electron chi connectivity index (χ0n) is 10.9. The summed E-state index contributed by atoms with van der Waals surface area (Å²) in [6.07, 6.45) is 0.855. The molecule has 104 valence electrons. The monoisotopic (exact) mass is 267 g/mol. The molecule has 0 bridgehead atoms. The maximum Gasteiger partial charge on any atom is 0.260 e. The zero-order chi connectivity index (χ0) is 13.8. The van der Waals surface area contributed by atoms with E-state index in [9.17, 15) is 14.3 Å². The van der Waals surface area contributed by atoms with E-state index in [2.05, 4.69) is 0 Å². The van der Waals surface area contributed by atoms with Crippen LogP contribution in [0.1, 0.15) is 18.4 Å². The molecule has 0 unspecified atom stereocenters. The van der Waals surface area contributed by atoms with Crippen LogP contribution in [-0.4, -0.2) is 41.7 Å². The quantitative estimate of drug-likeness (QED) is 0.903. The molecule has 1 fully saturated rings. The van der Waals surface area contributed by atoms with Crippen molar-refractivity contribution >= 4 is 5.91 Å². The summed E-state index contributed by atoms with van der Waals surface area (Å²) >= 11 is 0. The van der Waals surface area contributed by atoms with Crippen molar-refractivity contribution in [1.82, 2.24) is 4.90 Å². The van der Waals surface area contributed by atoms with Gasteiger partial charge in [-0.3, -0.25) is 4.79 Å². The number of hydrogen-bond donors (Lipinski definition) is 1. The van der Waals surface area contributed by atoms with E-state index in [1.54, 1.807) is 17.0 Å². The Kier molecular flexibility index (Phi) is 4.37. The largest absolute Gasteiger partial charge is 0.481 e. The zero-order valence-corrected chi connectivity index (χ0v) is 10.9. The molecule has 0 spiro atoms. The second-order valence-corrected chi connectivity index (χ2v) is 4.83. The second-order valence-electron chi connectivity index (χ2n) is 4.83. The third-order valence-corrected chi connectivity index (χ3v) is 3.26. The fraction of sp³-hybridized carbons (Fsp3) is 0.500. The molecule has 1 aromatic carbocycles. The number of rotatable bonds is 3. The first-order chi connectivity index (χ1) is 9.06. The van der Waals surface area contributed by atoms with Crippen molar-refractivity contribution in [2.24, 2.45) is 0 Å². The van der Waals surface area contributed by atoms with Crippen molar-refractivity contribution in [2.75, 3.05) is 19.7 Å². The Labute approximate surface area is 111 Å². The van der Waals surface area contributed by atoms with Crippen molar-refractivity contribution in [1.29, 1.82) is 0 Å². The summed E-state index contributed by atoms with van der Waals surface area (Å²) < 4.78 is 18.7. The lowest BCUT2D eigenvalue weighted by Crippen LogP contribution is -2.42. The number of aliphatic hydroxyl groups is 1. The van der Waals surface area contributed by atoms with Gasteiger partial charge in [-0.15, -0.1) is 0 Å². The van der Waals surface area contributed by atoms with E-state index >= 15 is 0 Å². The molecule has 5 heteroatoms. The Morgan fingerprint density at radius 3 is 2.84 bits per heavy atom. The van der Waals surface area contributed by atoms with Gasteiger partial charge in [0.05, 0.1) is 6.10 Å². The minimum Gasteiger partial charge on any atom is -0.481 e. The first-order valence-electron chi connectivity index (χ1n) is 6.41. The summed E-state index contributed by atoms with van der Waals surface area (Å²) in [7, 11) is 0. The van der Waals surface area contributed by atoms with Crippen molar-refractivity contribution in [3.63, 3.8) is 0 Å². The van der Waals surface area contributed by atoms with Crippen molar-refractivity contribution in [3.8, 4) is 5.75 Å². The van der Waals surface area contributed by atoms with E-state index < -0.39 is 5.82 Å². The fourth-order valence-corrected chi connectivity index (χ4v) is 2.07. The number of nitrogens with zero attached hydrogens (tertiary/aromatic N) is 1. The summed E-state index contributed by atoms with van der Waals surface area (Å²) in [5.41, 5.74) is 0.880. The third kappa shape index (κ3) is 3.67. The summed E-state index contributed by atoms with van der Waals surface area (Å²) in [6, 6.07) is 4.55. The van der Waals surface area contributed by atoms with E-state index in [1.165, 1.54) is 6.07 Å². The molecule has 1 N–H and O–H groups in total. The number of benzene rings is 1. The molecule has 1 aromatic rings. The number of ether oxygens (including phenoxy) is 1. The van der Waals surface area contributed by atoms with E-state index in [4.69, 9.17) is 4.74 Å². The molecular weight excluding hydrogens is 249 g/mol. The second kappa shape index (κ2) is 6.02. The molecule has 1 amide bonds. The van der Waals surface area contributed by atoms with Crippen LogP contribution in [-0.2, 0) is 4.79 Å². The van der Waals surface area contributed by atoms with Crippen LogP contribution in [0.2, 0.25) is 0 Å². The van der Waals surface area contributed by atoms with Crippen LogP contribution in [0.25, 0.3) is 0 Å². The number of carbonyl (C=O) groups is 1. The number of likely N-dealkylation sites (tertiary alicyclic amines) is 1. The van der Waals surface area contributed by atoms with Gasteiger partial charge in [-0.05, 0) is 37.5 Å². The highest BCUT2D eigenvalue weighted by Gasteiger charge is 2.21. The fourth-order valence-electron chi connectivity index (χ4n) is 2.07. The van der Waals surface area contributed by atoms with Gasteiger partial charge < -0.3 is 14.7 Å². The number of aliphatic hydroxyl groups excluding tert-OH is 1. The minimum absolute atomic E-state index is 0.102. The van der Waals surface area contributed by atoms with Crippen LogP contribution >= 0.6 is 0 Å². The first kappa shape index (κ1) is 13.8. The summed E-state index contributed by atoms with van der Waals surface area (Å²) in [5, 5.41) is 9.36. The smallest absolute Gasteiger partial charge is 0.260 e. The lowest BCUT2D eigenvalue weighted by atomic mass is 10.1. The molecule has 0 aliphatic carbocycles. The van der Waals surface area contributed by atoms with Crippen LogP contribution in [0.3, 0.4) is 0 Å². The van der Waals surface area contributed by atoms with Crippen LogP contribution in [0, 0.1) is 12.7 Å². The Bertz CT molecular complexity index is 456. The van der Waals surface area contributed by atoms with Gasteiger partial charge in [-0.1, -0.05) is 6.07 Å². The molecule has 2 rings (SSSR count). The van der Waals surface area contributed by atoms with Crippen molar-refractivity contribution in [2.45, 2.75) is 25.9 Å². The lowest BCUT2D eigenvalue weighted by Gasteiger charge is -2.29. The average Bonchev–Trinajstić information content (AvgIpc) is 2.40. The van der Waals surface area contributed by atoms with E-state index in [-0.39, 0.29) is 24.4 Å². The number of aryl methyl sites for hydroxylation is 1. The highest BCUT2D eigenvalue weighted by molar-refractivity contribution is 5.77. The molecule has 1 heterocycles. The highest BCUT2D eigenvalue weighted by atomic mass is 19.1. The molecule has 19 heavy (non-hydrogen) atoms. The molecular formula is C14H18FNO3. The average molecular weight is 267 g/mol. The van der Waals surface area contributed by atoms with Gasteiger partial charge in [-0.2, -0.15) is 0 Å². The van der Waals surface area contributed by atoms with Crippen LogP contribution in [0.15, 0.2) is 18.2 Å².